The Labute approximate surface area is 238 Å². The second-order valence-electron chi connectivity index (χ2n) is 10.2. The number of Topliss-reactive ketones (excluding diaryl/α,β-unsaturated/α-hetero) is 1. The fourth-order valence-electron chi connectivity index (χ4n) is 5.31. The Kier molecular flexibility index (Phi) is 10.1. The summed E-state index contributed by atoms with van der Waals surface area (Å²) in [5.74, 6) is -0.617. The van der Waals surface area contributed by atoms with Crippen molar-refractivity contribution < 1.29 is 32.3 Å². The molecule has 2 atom stereocenters. The van der Waals surface area contributed by atoms with Crippen molar-refractivity contribution in [2.75, 3.05) is 19.7 Å². The third-order valence-electron chi connectivity index (χ3n) is 7.38. The van der Waals surface area contributed by atoms with Crippen LogP contribution in [0.2, 0.25) is 0 Å². The molecule has 2 N–H and O–H groups in total. The zero-order valence-electron chi connectivity index (χ0n) is 22.5. The summed E-state index contributed by atoms with van der Waals surface area (Å²) >= 11 is 1.23. The number of amides is 2. The minimum absolute atomic E-state index is 0.0379. The van der Waals surface area contributed by atoms with Gasteiger partial charge in [0.15, 0.2) is 12.0 Å². The number of hydrogen-bond acceptors (Lipinski definition) is 8. The quantitative estimate of drug-likeness (QED) is 0.318. The highest BCUT2D eigenvalue weighted by Crippen LogP contribution is 2.29. The van der Waals surface area contributed by atoms with Crippen LogP contribution in [0.5, 0.6) is 5.75 Å². The normalized spacial score (nSPS) is 19.9. The Morgan fingerprint density at radius 3 is 2.67 bits per heavy atom. The molecule has 4 rings (SSSR count). The van der Waals surface area contributed by atoms with Crippen LogP contribution >= 0.6 is 11.3 Å². The molecule has 0 aromatic carbocycles. The van der Waals surface area contributed by atoms with Gasteiger partial charge in [-0.25, -0.2) is 8.42 Å². The number of carbonyl (C=O) groups excluding carboxylic acids is 3. The first-order valence-electron chi connectivity index (χ1n) is 13.7. The molecule has 2 amide bonds. The first-order chi connectivity index (χ1) is 19.2. The van der Waals surface area contributed by atoms with E-state index in [1.165, 1.54) is 29.5 Å². The monoisotopic (exact) mass is 592 g/mol. The molecule has 1 aliphatic heterocycles. The summed E-state index contributed by atoms with van der Waals surface area (Å²) in [7, 11) is -4.20. The topological polar surface area (TPSA) is 149 Å². The first kappa shape index (κ1) is 29.9. The molecule has 1 saturated heterocycles. The van der Waals surface area contributed by atoms with Crippen LogP contribution in [0.4, 0.5) is 0 Å². The fraction of sp³-hybridized carbons (Fsp3) is 0.556. The third kappa shape index (κ3) is 7.18. The lowest BCUT2D eigenvalue weighted by molar-refractivity contribution is -0.646. The summed E-state index contributed by atoms with van der Waals surface area (Å²) in [6, 6.07) is 4.01. The van der Waals surface area contributed by atoms with Gasteiger partial charge in [0.25, 0.3) is 5.91 Å². The van der Waals surface area contributed by atoms with Crippen molar-refractivity contribution in [1.82, 2.24) is 14.9 Å². The van der Waals surface area contributed by atoms with Crippen molar-refractivity contribution in [1.29, 1.82) is 0 Å². The van der Waals surface area contributed by atoms with Crippen LogP contribution in [0.1, 0.15) is 68.0 Å². The van der Waals surface area contributed by atoms with E-state index in [-0.39, 0.29) is 23.6 Å². The maximum Gasteiger partial charge on any atom is 0.323 e. The molecule has 2 aromatic heterocycles. The minimum atomic E-state index is -4.20. The Balaban J connectivity index is 1.46. The van der Waals surface area contributed by atoms with Crippen LogP contribution < -0.4 is 20.1 Å². The maximum absolute atomic E-state index is 13.5. The molecule has 1 aliphatic carbocycles. The van der Waals surface area contributed by atoms with E-state index < -0.39 is 51.3 Å². The number of pyridine rings is 1. The molecule has 40 heavy (non-hydrogen) atoms. The van der Waals surface area contributed by atoms with Crippen LogP contribution in [0.15, 0.2) is 40.9 Å². The SMILES string of the molecule is CCOc1ccsc1C(=O)N[C@@H](CC1CCCCC1)C(=O)N[C@@H]1CCCN(S(=O)(=O)c2cccc[n+]2[O-])CC1=O. The largest absolute Gasteiger partial charge is 0.618 e. The molecule has 11 nitrogen and oxygen atoms in total. The summed E-state index contributed by atoms with van der Waals surface area (Å²) in [5.41, 5.74) is 0. The maximum atomic E-state index is 13.5. The predicted octanol–water partition coefficient (Wildman–Crippen LogP) is 2.39. The van der Waals surface area contributed by atoms with Gasteiger partial charge < -0.3 is 20.6 Å². The zero-order chi connectivity index (χ0) is 28.7. The highest BCUT2D eigenvalue weighted by Gasteiger charge is 2.37. The molecule has 1 saturated carbocycles. The zero-order valence-corrected chi connectivity index (χ0v) is 24.2. The number of nitrogens with zero attached hydrogens (tertiary/aromatic N) is 2. The van der Waals surface area contributed by atoms with Crippen molar-refractivity contribution >= 4 is 39.0 Å². The lowest BCUT2D eigenvalue weighted by atomic mass is 9.84. The van der Waals surface area contributed by atoms with Gasteiger partial charge in [-0.15, -0.1) is 11.3 Å². The van der Waals surface area contributed by atoms with Crippen LogP contribution in [0.3, 0.4) is 0 Å². The Hall–Kier alpha value is -3.03. The van der Waals surface area contributed by atoms with E-state index in [9.17, 15) is 28.0 Å². The van der Waals surface area contributed by atoms with Crippen LogP contribution in [-0.4, -0.2) is 62.1 Å². The summed E-state index contributed by atoms with van der Waals surface area (Å²) in [5, 5.41) is 19.0. The van der Waals surface area contributed by atoms with Crippen molar-refractivity contribution in [2.24, 2.45) is 5.92 Å². The summed E-state index contributed by atoms with van der Waals surface area (Å²) in [6.45, 7) is 1.80. The molecule has 0 unspecified atom stereocenters. The third-order valence-corrected chi connectivity index (χ3v) is 10.1. The molecule has 2 fully saturated rings. The molecule has 0 radical (unpaired) electrons. The van der Waals surface area contributed by atoms with Gasteiger partial charge >= 0.3 is 15.0 Å². The standard InChI is InChI=1S/C27H36N4O7S2/c1-2-38-23-13-16-39-25(23)27(34)29-21(17-19-9-4-3-5-10-19)26(33)28-20-11-8-14-30(18-22(20)32)40(36,37)24-12-6-7-15-31(24)35/h6-7,12-13,15-16,19-21H,2-5,8-11,14,17-18H2,1H3,(H,28,33)(H,29,34)/t20-,21+/m1/s1. The smallest absolute Gasteiger partial charge is 0.323 e. The predicted molar refractivity (Wildman–Crippen MR) is 148 cm³/mol. The molecule has 3 heterocycles. The molecule has 2 aromatic rings. The number of aromatic nitrogens is 1. The Morgan fingerprint density at radius 1 is 1.18 bits per heavy atom. The van der Waals surface area contributed by atoms with E-state index in [1.54, 1.807) is 11.4 Å². The molecule has 2 aliphatic rings. The number of ketones is 1. The average Bonchev–Trinajstić information content (AvgIpc) is 3.32. The molecular formula is C27H36N4O7S2. The van der Waals surface area contributed by atoms with E-state index >= 15 is 0 Å². The fourth-order valence-corrected chi connectivity index (χ4v) is 7.52. The summed E-state index contributed by atoms with van der Waals surface area (Å²) in [4.78, 5) is 40.2. The van der Waals surface area contributed by atoms with Crippen molar-refractivity contribution in [3.05, 3.63) is 45.9 Å². The highest BCUT2D eigenvalue weighted by molar-refractivity contribution is 7.89. The van der Waals surface area contributed by atoms with Crippen LogP contribution in [0.25, 0.3) is 0 Å². The van der Waals surface area contributed by atoms with E-state index in [1.807, 2.05) is 6.92 Å². The highest BCUT2D eigenvalue weighted by atomic mass is 32.2. The second kappa shape index (κ2) is 13.6. The number of rotatable bonds is 10. The van der Waals surface area contributed by atoms with E-state index in [0.717, 1.165) is 42.6 Å². The number of carbonyl (C=O) groups is 3. The minimum Gasteiger partial charge on any atom is -0.618 e. The molecule has 13 heteroatoms. The number of ether oxygens (including phenoxy) is 1. The van der Waals surface area contributed by atoms with E-state index in [4.69, 9.17) is 4.74 Å². The molecule has 218 valence electrons. The van der Waals surface area contributed by atoms with Gasteiger partial charge in [0.05, 0.1) is 19.2 Å². The number of thiophene rings is 1. The lowest BCUT2D eigenvalue weighted by Crippen LogP contribution is -2.53. The number of sulfonamides is 1. The Bertz CT molecular complexity index is 1310. The Morgan fingerprint density at radius 2 is 1.95 bits per heavy atom. The number of hydrogen-bond donors (Lipinski definition) is 2. The van der Waals surface area contributed by atoms with E-state index in [0.29, 0.717) is 30.1 Å². The van der Waals surface area contributed by atoms with Gasteiger partial charge in [-0.1, -0.05) is 32.1 Å². The second-order valence-corrected chi connectivity index (χ2v) is 13.0. The van der Waals surface area contributed by atoms with Crippen molar-refractivity contribution in [3.8, 4) is 5.75 Å². The molecule has 0 bridgehead atoms. The van der Waals surface area contributed by atoms with E-state index in [2.05, 4.69) is 10.6 Å². The summed E-state index contributed by atoms with van der Waals surface area (Å²) in [6.07, 6.45) is 7.33. The average molecular weight is 593 g/mol. The van der Waals surface area contributed by atoms with Gasteiger partial charge in [-0.2, -0.15) is 9.04 Å². The van der Waals surface area contributed by atoms with Gasteiger partial charge in [-0.3, -0.25) is 14.4 Å². The summed E-state index contributed by atoms with van der Waals surface area (Å²) < 4.78 is 33.0. The van der Waals surface area contributed by atoms with Gasteiger partial charge in [0.2, 0.25) is 5.91 Å². The van der Waals surface area contributed by atoms with Crippen LogP contribution in [-0.2, 0) is 19.6 Å². The molecule has 0 spiro atoms. The number of nitrogens with one attached hydrogen (secondary N) is 2. The van der Waals surface area contributed by atoms with Crippen molar-refractivity contribution in [3.63, 3.8) is 0 Å². The van der Waals surface area contributed by atoms with Crippen LogP contribution in [0, 0.1) is 11.1 Å². The van der Waals surface area contributed by atoms with Gasteiger partial charge in [0, 0.05) is 18.7 Å². The van der Waals surface area contributed by atoms with Crippen molar-refractivity contribution in [2.45, 2.75) is 75.4 Å². The van der Waals surface area contributed by atoms with Gasteiger partial charge in [-0.05, 0) is 49.6 Å². The van der Waals surface area contributed by atoms with Gasteiger partial charge in [0.1, 0.15) is 16.7 Å². The first-order valence-corrected chi connectivity index (χ1v) is 16.0. The molecular weight excluding hydrogens is 556 g/mol. The lowest BCUT2D eigenvalue weighted by Gasteiger charge is -2.28.